The predicted octanol–water partition coefficient (Wildman–Crippen LogP) is 1.94. The van der Waals surface area contributed by atoms with Gasteiger partial charge in [0.2, 0.25) is 5.92 Å². The molecule has 0 bridgehead atoms. The van der Waals surface area contributed by atoms with Crippen LogP contribution in [0.25, 0.3) is 0 Å². The van der Waals surface area contributed by atoms with Gasteiger partial charge in [-0.05, 0) is 12.8 Å². The minimum absolute atomic E-state index is 0.00375. The zero-order chi connectivity index (χ0) is 8.48. The van der Waals surface area contributed by atoms with Gasteiger partial charge >= 0.3 is 0 Å². The molecule has 0 aliphatic heterocycles. The molecule has 1 saturated carbocycles. The lowest BCUT2D eigenvalue weighted by Crippen LogP contribution is -2.34. The number of halogens is 2. The molecule has 11 heavy (non-hydrogen) atoms. The molecule has 64 valence electrons. The van der Waals surface area contributed by atoms with E-state index in [0.717, 1.165) is 0 Å². The van der Waals surface area contributed by atoms with E-state index in [0.29, 0.717) is 0 Å². The van der Waals surface area contributed by atoms with Crippen LogP contribution < -0.4 is 5.73 Å². The Morgan fingerprint density at radius 2 is 2.09 bits per heavy atom. The van der Waals surface area contributed by atoms with Gasteiger partial charge in [-0.3, -0.25) is 0 Å². The molecule has 1 nitrogen and oxygen atoms in total. The number of allylic oxidation sites excluding steroid dienone is 1. The first-order valence-electron chi connectivity index (χ1n) is 3.81. The highest BCUT2D eigenvalue weighted by Crippen LogP contribution is 2.42. The van der Waals surface area contributed by atoms with Gasteiger partial charge < -0.3 is 5.73 Å². The zero-order valence-corrected chi connectivity index (χ0v) is 6.56. The van der Waals surface area contributed by atoms with Crippen LogP contribution in [0.2, 0.25) is 0 Å². The standard InChI is InChI=1S/C8H13F2N/c1-6(11)2-3-7-4-8(9,10)5-7/h2-3,6-7H,4-5,11H2,1H3/b3-2+. The maximum Gasteiger partial charge on any atom is 0.249 e. The van der Waals surface area contributed by atoms with Gasteiger partial charge in [0.25, 0.3) is 0 Å². The molecule has 0 aromatic carbocycles. The van der Waals surface area contributed by atoms with E-state index in [4.69, 9.17) is 5.73 Å². The van der Waals surface area contributed by atoms with E-state index >= 15 is 0 Å². The summed E-state index contributed by atoms with van der Waals surface area (Å²) >= 11 is 0. The molecular weight excluding hydrogens is 148 g/mol. The molecule has 0 aromatic rings. The quantitative estimate of drug-likeness (QED) is 0.615. The smallest absolute Gasteiger partial charge is 0.249 e. The summed E-state index contributed by atoms with van der Waals surface area (Å²) in [5.74, 6) is -2.36. The Hall–Kier alpha value is -0.440. The molecule has 0 heterocycles. The SMILES string of the molecule is CC(N)/C=C/C1CC(F)(F)C1. The van der Waals surface area contributed by atoms with Gasteiger partial charge in [-0.1, -0.05) is 12.2 Å². The summed E-state index contributed by atoms with van der Waals surface area (Å²) in [5.41, 5.74) is 5.41. The molecule has 0 amide bonds. The molecule has 0 spiro atoms. The van der Waals surface area contributed by atoms with Gasteiger partial charge in [-0.25, -0.2) is 8.78 Å². The van der Waals surface area contributed by atoms with Crippen LogP contribution in [0.3, 0.4) is 0 Å². The lowest BCUT2D eigenvalue weighted by Gasteiger charge is -2.32. The molecule has 3 heteroatoms. The summed E-state index contributed by atoms with van der Waals surface area (Å²) in [6.07, 6.45) is 3.56. The van der Waals surface area contributed by atoms with E-state index in [2.05, 4.69) is 0 Å². The van der Waals surface area contributed by atoms with E-state index in [1.807, 2.05) is 6.92 Å². The van der Waals surface area contributed by atoms with Gasteiger partial charge in [0.15, 0.2) is 0 Å². The van der Waals surface area contributed by atoms with Crippen LogP contribution in [0.4, 0.5) is 8.78 Å². The van der Waals surface area contributed by atoms with Crippen molar-refractivity contribution in [3.8, 4) is 0 Å². The number of rotatable bonds is 2. The van der Waals surface area contributed by atoms with Crippen LogP contribution in [0.15, 0.2) is 12.2 Å². The molecule has 1 fully saturated rings. The van der Waals surface area contributed by atoms with Crippen LogP contribution >= 0.6 is 0 Å². The fraction of sp³-hybridized carbons (Fsp3) is 0.750. The Bertz CT molecular complexity index is 155. The van der Waals surface area contributed by atoms with Gasteiger partial charge in [0.1, 0.15) is 0 Å². The highest BCUT2D eigenvalue weighted by molar-refractivity contribution is 5.01. The van der Waals surface area contributed by atoms with Crippen molar-refractivity contribution in [1.29, 1.82) is 0 Å². The van der Waals surface area contributed by atoms with Crippen LogP contribution in [-0.4, -0.2) is 12.0 Å². The van der Waals surface area contributed by atoms with E-state index in [-0.39, 0.29) is 24.8 Å². The second-order valence-corrected chi connectivity index (χ2v) is 3.27. The lowest BCUT2D eigenvalue weighted by molar-refractivity contribution is -0.0963. The van der Waals surface area contributed by atoms with Crippen molar-refractivity contribution >= 4 is 0 Å². The Labute approximate surface area is 65.3 Å². The van der Waals surface area contributed by atoms with Crippen LogP contribution in [-0.2, 0) is 0 Å². The fourth-order valence-electron chi connectivity index (χ4n) is 1.18. The first-order valence-corrected chi connectivity index (χ1v) is 3.81. The third-order valence-corrected chi connectivity index (χ3v) is 1.81. The largest absolute Gasteiger partial charge is 0.325 e. The third kappa shape index (κ3) is 2.58. The number of nitrogens with two attached hydrogens (primary N) is 1. The normalized spacial score (nSPS) is 26.9. The average Bonchev–Trinajstić information content (AvgIpc) is 1.78. The van der Waals surface area contributed by atoms with E-state index in [1.165, 1.54) is 0 Å². The minimum atomic E-state index is -2.41. The van der Waals surface area contributed by atoms with Crippen LogP contribution in [0.5, 0.6) is 0 Å². The monoisotopic (exact) mass is 161 g/mol. The second kappa shape index (κ2) is 2.89. The summed E-state index contributed by atoms with van der Waals surface area (Å²) in [4.78, 5) is 0. The summed E-state index contributed by atoms with van der Waals surface area (Å²) in [5, 5.41) is 0. The molecule has 0 radical (unpaired) electrons. The Morgan fingerprint density at radius 1 is 1.55 bits per heavy atom. The molecule has 1 rings (SSSR count). The number of alkyl halides is 2. The van der Waals surface area contributed by atoms with Crippen molar-refractivity contribution in [3.05, 3.63) is 12.2 Å². The first-order chi connectivity index (χ1) is 4.99. The van der Waals surface area contributed by atoms with Crippen molar-refractivity contribution in [2.24, 2.45) is 11.7 Å². The second-order valence-electron chi connectivity index (χ2n) is 3.27. The molecule has 0 saturated heterocycles. The number of hydrogen-bond acceptors (Lipinski definition) is 1. The number of hydrogen-bond donors (Lipinski definition) is 1. The van der Waals surface area contributed by atoms with Gasteiger partial charge in [0.05, 0.1) is 0 Å². The van der Waals surface area contributed by atoms with Crippen molar-refractivity contribution in [2.75, 3.05) is 0 Å². The molecular formula is C8H13F2N. The maximum atomic E-state index is 12.2. The van der Waals surface area contributed by atoms with Crippen molar-refractivity contribution < 1.29 is 8.78 Å². The Morgan fingerprint density at radius 3 is 2.45 bits per heavy atom. The molecule has 2 N–H and O–H groups in total. The van der Waals surface area contributed by atoms with Crippen molar-refractivity contribution in [1.82, 2.24) is 0 Å². The highest BCUT2D eigenvalue weighted by Gasteiger charge is 2.43. The predicted molar refractivity (Wildman–Crippen MR) is 40.5 cm³/mol. The summed E-state index contributed by atoms with van der Waals surface area (Å²) in [6.45, 7) is 1.83. The highest BCUT2D eigenvalue weighted by atomic mass is 19.3. The van der Waals surface area contributed by atoms with Gasteiger partial charge in [-0.15, -0.1) is 0 Å². The maximum absolute atomic E-state index is 12.2. The van der Waals surface area contributed by atoms with Gasteiger partial charge in [-0.2, -0.15) is 0 Å². The van der Waals surface area contributed by atoms with E-state index < -0.39 is 5.92 Å². The van der Waals surface area contributed by atoms with Crippen molar-refractivity contribution in [3.63, 3.8) is 0 Å². The first kappa shape index (κ1) is 8.65. The summed E-state index contributed by atoms with van der Waals surface area (Å²) in [6, 6.07) is -0.0239. The lowest BCUT2D eigenvalue weighted by atomic mass is 9.81. The Balaban J connectivity index is 2.23. The molecule has 1 unspecified atom stereocenters. The zero-order valence-electron chi connectivity index (χ0n) is 6.56. The van der Waals surface area contributed by atoms with Crippen LogP contribution in [0.1, 0.15) is 19.8 Å². The molecule has 1 aliphatic rings. The molecule has 1 aliphatic carbocycles. The topological polar surface area (TPSA) is 26.0 Å². The van der Waals surface area contributed by atoms with Crippen molar-refractivity contribution in [2.45, 2.75) is 31.7 Å². The third-order valence-electron chi connectivity index (χ3n) is 1.81. The summed E-state index contributed by atoms with van der Waals surface area (Å²) < 4.78 is 24.5. The van der Waals surface area contributed by atoms with E-state index in [1.54, 1.807) is 12.2 Å². The summed E-state index contributed by atoms with van der Waals surface area (Å²) in [7, 11) is 0. The van der Waals surface area contributed by atoms with Gasteiger partial charge in [0, 0.05) is 18.9 Å². The molecule has 0 aromatic heterocycles. The van der Waals surface area contributed by atoms with E-state index in [9.17, 15) is 8.78 Å². The Kier molecular flexibility index (Phi) is 2.28. The van der Waals surface area contributed by atoms with Crippen LogP contribution in [0, 0.1) is 5.92 Å². The average molecular weight is 161 g/mol. The molecule has 1 atom stereocenters. The minimum Gasteiger partial charge on any atom is -0.325 e. The fourth-order valence-corrected chi connectivity index (χ4v) is 1.18.